The lowest BCUT2D eigenvalue weighted by Crippen LogP contribution is -2.42. The van der Waals surface area contributed by atoms with Crippen LogP contribution in [0.25, 0.3) is 0 Å². The highest BCUT2D eigenvalue weighted by Gasteiger charge is 2.35. The second-order valence-electron chi connectivity index (χ2n) is 8.01. The number of aromatic nitrogens is 2. The molecular weight excluding hydrogens is 406 g/mol. The monoisotopic (exact) mass is 435 g/mol. The van der Waals surface area contributed by atoms with Crippen molar-refractivity contribution in [2.45, 2.75) is 51.9 Å². The van der Waals surface area contributed by atoms with Crippen molar-refractivity contribution in [2.24, 2.45) is 5.92 Å². The second-order valence-corrected chi connectivity index (χ2v) is 11.2. The summed E-state index contributed by atoms with van der Waals surface area (Å²) in [5, 5.41) is 0.842. The molecule has 29 heavy (non-hydrogen) atoms. The molecule has 3 rings (SSSR count). The van der Waals surface area contributed by atoms with Gasteiger partial charge in [0, 0.05) is 17.9 Å². The van der Waals surface area contributed by atoms with Gasteiger partial charge in [-0.05, 0) is 38.3 Å². The van der Waals surface area contributed by atoms with Gasteiger partial charge in [-0.2, -0.15) is 0 Å². The summed E-state index contributed by atoms with van der Waals surface area (Å²) in [7, 11) is -3.09. The molecule has 1 aromatic heterocycles. The molecule has 1 atom stereocenters. The summed E-state index contributed by atoms with van der Waals surface area (Å²) in [6.07, 6.45) is 0.480. The molecule has 158 valence electrons. The first-order valence-electron chi connectivity index (χ1n) is 9.92. The fraction of sp³-hybridized carbons (Fsp3) is 0.524. The summed E-state index contributed by atoms with van der Waals surface area (Å²) in [4.78, 5) is 19.5. The van der Waals surface area contributed by atoms with E-state index in [2.05, 4.69) is 30.3 Å². The first-order chi connectivity index (χ1) is 13.7. The highest BCUT2D eigenvalue weighted by molar-refractivity contribution is 7.99. The highest BCUT2D eigenvalue weighted by Crippen LogP contribution is 2.28. The van der Waals surface area contributed by atoms with Crippen LogP contribution < -0.4 is 4.90 Å². The van der Waals surface area contributed by atoms with Crippen LogP contribution in [-0.2, 0) is 21.2 Å². The number of aryl methyl sites for hydroxylation is 1. The topological polar surface area (TPSA) is 72.3 Å². The molecule has 0 spiro atoms. The summed E-state index contributed by atoms with van der Waals surface area (Å²) in [5.41, 5.74) is 2.84. The number of anilines is 1. The van der Waals surface area contributed by atoms with E-state index in [1.807, 2.05) is 37.3 Å². The zero-order valence-corrected chi connectivity index (χ0v) is 19.1. The van der Waals surface area contributed by atoms with Crippen LogP contribution in [0.3, 0.4) is 0 Å². The van der Waals surface area contributed by atoms with E-state index in [0.717, 1.165) is 28.8 Å². The van der Waals surface area contributed by atoms with E-state index in [4.69, 9.17) is 0 Å². The van der Waals surface area contributed by atoms with Crippen molar-refractivity contribution in [3.63, 3.8) is 0 Å². The third-order valence-electron chi connectivity index (χ3n) is 5.17. The predicted octanol–water partition coefficient (Wildman–Crippen LogP) is 3.47. The van der Waals surface area contributed by atoms with Crippen molar-refractivity contribution in [2.75, 3.05) is 22.2 Å². The van der Waals surface area contributed by atoms with Crippen LogP contribution in [-0.4, -0.2) is 47.2 Å². The SMILES string of the molecule is Cc1nc(SCC(=O)N(c2ccccc2)C2CCS(=O)(=O)C2)n(CC(C)C)c1C. The molecule has 2 heterocycles. The van der Waals surface area contributed by atoms with Crippen LogP contribution in [0.15, 0.2) is 35.5 Å². The van der Waals surface area contributed by atoms with Gasteiger partial charge >= 0.3 is 0 Å². The first-order valence-corrected chi connectivity index (χ1v) is 12.7. The number of carbonyl (C=O) groups is 1. The van der Waals surface area contributed by atoms with Crippen molar-refractivity contribution in [3.8, 4) is 0 Å². The van der Waals surface area contributed by atoms with Gasteiger partial charge in [0.1, 0.15) is 0 Å². The maximum atomic E-state index is 13.2. The molecule has 0 radical (unpaired) electrons. The zero-order valence-electron chi connectivity index (χ0n) is 17.5. The Bertz CT molecular complexity index is 969. The third-order valence-corrected chi connectivity index (χ3v) is 7.88. The molecular formula is C21H29N3O3S2. The Hall–Kier alpha value is -1.80. The van der Waals surface area contributed by atoms with Crippen molar-refractivity contribution in [1.82, 2.24) is 9.55 Å². The van der Waals surface area contributed by atoms with E-state index < -0.39 is 9.84 Å². The lowest BCUT2D eigenvalue weighted by Gasteiger charge is -2.28. The van der Waals surface area contributed by atoms with Gasteiger partial charge in [-0.1, -0.05) is 43.8 Å². The average molecular weight is 436 g/mol. The highest BCUT2D eigenvalue weighted by atomic mass is 32.2. The minimum atomic E-state index is -3.09. The maximum absolute atomic E-state index is 13.2. The number of hydrogen-bond acceptors (Lipinski definition) is 5. The Morgan fingerprint density at radius 3 is 2.55 bits per heavy atom. The maximum Gasteiger partial charge on any atom is 0.237 e. The molecule has 1 amide bonds. The summed E-state index contributed by atoms with van der Waals surface area (Å²) in [5.74, 6) is 0.774. The smallest absolute Gasteiger partial charge is 0.237 e. The van der Waals surface area contributed by atoms with Crippen LogP contribution in [0.5, 0.6) is 0 Å². The quantitative estimate of drug-likeness (QED) is 0.623. The van der Waals surface area contributed by atoms with Crippen LogP contribution in [0.1, 0.15) is 31.7 Å². The molecule has 6 nitrogen and oxygen atoms in total. The number of nitrogens with zero attached hydrogens (tertiary/aromatic N) is 3. The Morgan fingerprint density at radius 1 is 1.28 bits per heavy atom. The van der Waals surface area contributed by atoms with Gasteiger partial charge in [-0.25, -0.2) is 13.4 Å². The van der Waals surface area contributed by atoms with E-state index in [1.54, 1.807) is 4.90 Å². The summed E-state index contributed by atoms with van der Waals surface area (Å²) in [6.45, 7) is 9.21. The fourth-order valence-corrected chi connectivity index (χ4v) is 6.30. The molecule has 1 fully saturated rings. The van der Waals surface area contributed by atoms with Gasteiger partial charge in [-0.3, -0.25) is 4.79 Å². The van der Waals surface area contributed by atoms with Crippen molar-refractivity contribution < 1.29 is 13.2 Å². The van der Waals surface area contributed by atoms with Gasteiger partial charge in [-0.15, -0.1) is 0 Å². The van der Waals surface area contributed by atoms with Gasteiger partial charge in [0.2, 0.25) is 5.91 Å². The number of rotatable bonds is 7. The molecule has 1 saturated heterocycles. The van der Waals surface area contributed by atoms with Crippen LogP contribution in [0.2, 0.25) is 0 Å². The normalized spacial score (nSPS) is 18.3. The zero-order chi connectivity index (χ0) is 21.2. The minimum Gasteiger partial charge on any atom is -0.323 e. The molecule has 1 aliphatic heterocycles. The van der Waals surface area contributed by atoms with Crippen LogP contribution >= 0.6 is 11.8 Å². The van der Waals surface area contributed by atoms with E-state index in [-0.39, 0.29) is 29.2 Å². The van der Waals surface area contributed by atoms with Crippen molar-refractivity contribution in [3.05, 3.63) is 41.7 Å². The number of para-hydroxylation sites is 1. The number of benzene rings is 1. The molecule has 0 aliphatic carbocycles. The van der Waals surface area contributed by atoms with Gasteiger partial charge < -0.3 is 9.47 Å². The lowest BCUT2D eigenvalue weighted by atomic mass is 10.2. The van der Waals surface area contributed by atoms with Crippen LogP contribution in [0.4, 0.5) is 5.69 Å². The van der Waals surface area contributed by atoms with E-state index in [0.29, 0.717) is 12.3 Å². The number of hydrogen-bond donors (Lipinski definition) is 0. The van der Waals surface area contributed by atoms with E-state index in [9.17, 15) is 13.2 Å². The largest absolute Gasteiger partial charge is 0.323 e. The third kappa shape index (κ3) is 5.22. The number of thioether (sulfide) groups is 1. The molecule has 8 heteroatoms. The van der Waals surface area contributed by atoms with Crippen LogP contribution in [0, 0.1) is 19.8 Å². The molecule has 1 unspecified atom stereocenters. The summed E-state index contributed by atoms with van der Waals surface area (Å²) in [6, 6.07) is 9.04. The van der Waals surface area contributed by atoms with Gasteiger partial charge in [0.05, 0.1) is 29.0 Å². The number of amides is 1. The standard InChI is InChI=1S/C21H29N3O3S2/c1-15(2)12-23-17(4)16(3)22-21(23)28-13-20(25)24(18-8-6-5-7-9-18)19-10-11-29(26,27)14-19/h5-9,15,19H,10-14H2,1-4H3. The molecule has 0 bridgehead atoms. The lowest BCUT2D eigenvalue weighted by molar-refractivity contribution is -0.116. The predicted molar refractivity (Wildman–Crippen MR) is 118 cm³/mol. The van der Waals surface area contributed by atoms with Crippen molar-refractivity contribution in [1.29, 1.82) is 0 Å². The van der Waals surface area contributed by atoms with Gasteiger partial charge in [0.15, 0.2) is 15.0 Å². The molecule has 2 aromatic rings. The number of carbonyl (C=O) groups excluding carboxylic acids is 1. The van der Waals surface area contributed by atoms with Crippen molar-refractivity contribution >= 4 is 33.2 Å². The molecule has 0 saturated carbocycles. The Kier molecular flexibility index (Phi) is 6.73. The Balaban J connectivity index is 1.80. The summed E-state index contributed by atoms with van der Waals surface area (Å²) < 4.78 is 26.2. The molecule has 1 aromatic carbocycles. The Morgan fingerprint density at radius 2 is 1.97 bits per heavy atom. The average Bonchev–Trinajstić information content (AvgIpc) is 3.14. The van der Waals surface area contributed by atoms with E-state index in [1.165, 1.54) is 11.8 Å². The number of imidazole rings is 1. The summed E-state index contributed by atoms with van der Waals surface area (Å²) >= 11 is 1.43. The second kappa shape index (κ2) is 8.92. The Labute approximate surface area is 177 Å². The first kappa shape index (κ1) is 21.9. The van der Waals surface area contributed by atoms with Gasteiger partial charge in [0.25, 0.3) is 0 Å². The number of sulfone groups is 1. The molecule has 0 N–H and O–H groups in total. The molecule has 1 aliphatic rings. The minimum absolute atomic E-state index is 0.0263. The van der Waals surface area contributed by atoms with E-state index >= 15 is 0 Å². The fourth-order valence-electron chi connectivity index (χ4n) is 3.64.